The van der Waals surface area contributed by atoms with Gasteiger partial charge in [-0.05, 0) is 51.7 Å². The summed E-state index contributed by atoms with van der Waals surface area (Å²) in [5.74, 6) is -1.14. The lowest BCUT2D eigenvalue weighted by Gasteiger charge is -2.10. The van der Waals surface area contributed by atoms with Gasteiger partial charge in [-0.3, -0.25) is 0 Å². The fourth-order valence-corrected chi connectivity index (χ4v) is 2.48. The molecule has 0 N–H and O–H groups in total. The van der Waals surface area contributed by atoms with E-state index in [0.29, 0.717) is 0 Å². The Hall–Kier alpha value is -2.61. The predicted octanol–water partition coefficient (Wildman–Crippen LogP) is 3.15. The molecule has 0 unspecified atom stereocenters. The molecule has 0 aliphatic rings. The molecule has 0 fully saturated rings. The van der Waals surface area contributed by atoms with Crippen molar-refractivity contribution < 1.29 is 9.90 Å². The molecule has 0 spiro atoms. The van der Waals surface area contributed by atoms with Gasteiger partial charge < -0.3 is 9.90 Å². The SMILES string of the molecule is C/C(=C\c1c2ccccc2cc2ccccc12)C(=O)[O-]. The highest BCUT2D eigenvalue weighted by molar-refractivity contribution is 6.08. The van der Waals surface area contributed by atoms with E-state index in [2.05, 4.69) is 6.07 Å². The van der Waals surface area contributed by atoms with Crippen molar-refractivity contribution >= 4 is 33.6 Å². The van der Waals surface area contributed by atoms with E-state index in [0.717, 1.165) is 27.1 Å². The summed E-state index contributed by atoms with van der Waals surface area (Å²) in [6, 6.07) is 18.1. The molecule has 0 aromatic heterocycles. The zero-order valence-electron chi connectivity index (χ0n) is 11.1. The second-order valence-electron chi connectivity index (χ2n) is 4.85. The van der Waals surface area contributed by atoms with Crippen molar-refractivity contribution in [3.63, 3.8) is 0 Å². The summed E-state index contributed by atoms with van der Waals surface area (Å²) < 4.78 is 0. The topological polar surface area (TPSA) is 40.1 Å². The maximum Gasteiger partial charge on any atom is 0.0672 e. The van der Waals surface area contributed by atoms with Crippen LogP contribution >= 0.6 is 0 Å². The van der Waals surface area contributed by atoms with Crippen LogP contribution in [0.3, 0.4) is 0 Å². The van der Waals surface area contributed by atoms with Crippen LogP contribution in [0.15, 0.2) is 60.2 Å². The lowest BCUT2D eigenvalue weighted by Crippen LogP contribution is -2.22. The number of carboxylic acid groups (broad SMARTS) is 1. The van der Waals surface area contributed by atoms with Crippen LogP contribution in [0.5, 0.6) is 0 Å². The van der Waals surface area contributed by atoms with Crippen molar-refractivity contribution in [3.05, 3.63) is 65.7 Å². The van der Waals surface area contributed by atoms with E-state index >= 15 is 0 Å². The Morgan fingerprint density at radius 2 is 1.45 bits per heavy atom. The number of carboxylic acids is 1. The summed E-state index contributed by atoms with van der Waals surface area (Å²) >= 11 is 0. The first-order chi connectivity index (χ1) is 9.66. The van der Waals surface area contributed by atoms with Gasteiger partial charge in [-0.15, -0.1) is 0 Å². The van der Waals surface area contributed by atoms with Crippen molar-refractivity contribution in [2.45, 2.75) is 6.92 Å². The number of aliphatic carboxylic acids is 1. The van der Waals surface area contributed by atoms with Crippen molar-refractivity contribution in [1.82, 2.24) is 0 Å². The predicted molar refractivity (Wildman–Crippen MR) is 80.1 cm³/mol. The molecule has 0 atom stereocenters. The minimum absolute atomic E-state index is 0.228. The molecular weight excluding hydrogens is 248 g/mol. The molecular formula is C18H13O2-. The quantitative estimate of drug-likeness (QED) is 0.525. The van der Waals surface area contributed by atoms with Gasteiger partial charge in [-0.1, -0.05) is 48.5 Å². The molecule has 98 valence electrons. The normalized spacial score (nSPS) is 11.9. The number of hydrogen-bond acceptors (Lipinski definition) is 2. The number of carbonyl (C=O) groups excluding carboxylic acids is 1. The Morgan fingerprint density at radius 3 is 1.95 bits per heavy atom. The maximum atomic E-state index is 11.0. The first-order valence-corrected chi connectivity index (χ1v) is 6.47. The Morgan fingerprint density at radius 1 is 0.950 bits per heavy atom. The van der Waals surface area contributed by atoms with Gasteiger partial charge in [0.05, 0.1) is 5.97 Å². The molecule has 0 amide bonds. The summed E-state index contributed by atoms with van der Waals surface area (Å²) in [6.07, 6.45) is 1.69. The largest absolute Gasteiger partial charge is 0.545 e. The van der Waals surface area contributed by atoms with Crippen molar-refractivity contribution in [3.8, 4) is 0 Å². The van der Waals surface area contributed by atoms with E-state index in [-0.39, 0.29) is 5.57 Å². The fraction of sp³-hybridized carbons (Fsp3) is 0.0556. The first kappa shape index (κ1) is 12.4. The van der Waals surface area contributed by atoms with Gasteiger partial charge in [-0.2, -0.15) is 0 Å². The monoisotopic (exact) mass is 261 g/mol. The Labute approximate surface area is 117 Å². The molecule has 20 heavy (non-hydrogen) atoms. The van der Waals surface area contributed by atoms with Crippen LogP contribution in [0.4, 0.5) is 0 Å². The molecule has 3 aromatic rings. The number of fused-ring (bicyclic) bond motifs is 2. The Kier molecular flexibility index (Phi) is 2.99. The molecule has 2 nitrogen and oxygen atoms in total. The first-order valence-electron chi connectivity index (χ1n) is 6.47. The molecule has 0 aliphatic carbocycles. The third-order valence-corrected chi connectivity index (χ3v) is 3.50. The van der Waals surface area contributed by atoms with E-state index in [1.54, 1.807) is 13.0 Å². The number of carbonyl (C=O) groups is 1. The van der Waals surface area contributed by atoms with Crippen molar-refractivity contribution in [2.24, 2.45) is 0 Å². The van der Waals surface area contributed by atoms with Gasteiger partial charge in [0, 0.05) is 0 Å². The number of benzene rings is 3. The summed E-state index contributed by atoms with van der Waals surface area (Å²) in [7, 11) is 0. The second kappa shape index (κ2) is 4.82. The van der Waals surface area contributed by atoms with Crippen LogP contribution in [0, 0.1) is 0 Å². The van der Waals surface area contributed by atoms with Crippen LogP contribution in [0.1, 0.15) is 12.5 Å². The Balaban J connectivity index is 2.45. The molecule has 3 aromatic carbocycles. The van der Waals surface area contributed by atoms with Crippen molar-refractivity contribution in [2.75, 3.05) is 0 Å². The lowest BCUT2D eigenvalue weighted by atomic mass is 9.95. The highest BCUT2D eigenvalue weighted by Gasteiger charge is 2.05. The van der Waals surface area contributed by atoms with Gasteiger partial charge in [0.15, 0.2) is 0 Å². The number of rotatable bonds is 2. The van der Waals surface area contributed by atoms with Crippen LogP contribution in [-0.4, -0.2) is 5.97 Å². The van der Waals surface area contributed by atoms with Gasteiger partial charge in [0.25, 0.3) is 0 Å². The minimum atomic E-state index is -1.14. The zero-order chi connectivity index (χ0) is 14.1. The highest BCUT2D eigenvalue weighted by atomic mass is 16.4. The third kappa shape index (κ3) is 2.05. The molecule has 0 radical (unpaired) electrons. The van der Waals surface area contributed by atoms with Gasteiger partial charge in [-0.25, -0.2) is 0 Å². The smallest absolute Gasteiger partial charge is 0.0672 e. The maximum absolute atomic E-state index is 11.0. The standard InChI is InChI=1S/C18H14O2/c1-12(18(19)20)10-17-15-8-4-2-6-13(15)11-14-7-3-5-9-16(14)17/h2-11H,1H3,(H,19,20)/p-1/b12-10+. The summed E-state index contributed by atoms with van der Waals surface area (Å²) in [4.78, 5) is 11.0. The van der Waals surface area contributed by atoms with E-state index in [9.17, 15) is 9.90 Å². The Bertz CT molecular complexity index is 790. The van der Waals surface area contributed by atoms with E-state index in [4.69, 9.17) is 0 Å². The van der Waals surface area contributed by atoms with Crippen molar-refractivity contribution in [1.29, 1.82) is 0 Å². The lowest BCUT2D eigenvalue weighted by molar-refractivity contribution is -0.299. The summed E-state index contributed by atoms with van der Waals surface area (Å²) in [6.45, 7) is 1.56. The van der Waals surface area contributed by atoms with Gasteiger partial charge in [0.1, 0.15) is 0 Å². The third-order valence-electron chi connectivity index (χ3n) is 3.50. The van der Waals surface area contributed by atoms with E-state index in [1.807, 2.05) is 48.5 Å². The van der Waals surface area contributed by atoms with Gasteiger partial charge in [0.2, 0.25) is 0 Å². The van der Waals surface area contributed by atoms with Crippen LogP contribution in [0.25, 0.3) is 27.6 Å². The fourth-order valence-electron chi connectivity index (χ4n) is 2.48. The second-order valence-corrected chi connectivity index (χ2v) is 4.85. The molecule has 0 saturated carbocycles. The minimum Gasteiger partial charge on any atom is -0.545 e. The molecule has 0 aliphatic heterocycles. The van der Waals surface area contributed by atoms with Crippen LogP contribution in [0.2, 0.25) is 0 Å². The van der Waals surface area contributed by atoms with Gasteiger partial charge >= 0.3 is 0 Å². The molecule has 2 heteroatoms. The van der Waals surface area contributed by atoms with Crippen LogP contribution in [-0.2, 0) is 4.79 Å². The molecule has 0 heterocycles. The molecule has 3 rings (SSSR count). The number of hydrogen-bond donors (Lipinski definition) is 0. The summed E-state index contributed by atoms with van der Waals surface area (Å²) in [5.41, 5.74) is 1.16. The average Bonchev–Trinajstić information content (AvgIpc) is 2.46. The molecule has 0 saturated heterocycles. The van der Waals surface area contributed by atoms with E-state index in [1.165, 1.54) is 0 Å². The molecule has 0 bridgehead atoms. The van der Waals surface area contributed by atoms with E-state index < -0.39 is 5.97 Å². The van der Waals surface area contributed by atoms with Crippen LogP contribution < -0.4 is 5.11 Å². The average molecular weight is 261 g/mol. The highest BCUT2D eigenvalue weighted by Crippen LogP contribution is 2.30. The zero-order valence-corrected chi connectivity index (χ0v) is 11.1. The summed E-state index contributed by atoms with van der Waals surface area (Å²) in [5, 5.41) is 15.3.